The zero-order chi connectivity index (χ0) is 15.4. The first-order valence-corrected chi connectivity index (χ1v) is 7.58. The summed E-state index contributed by atoms with van der Waals surface area (Å²) in [6.07, 6.45) is 0. The molecule has 2 aromatic carbocycles. The number of nitrogens with zero attached hydrogens (tertiary/aromatic N) is 1. The average molecular weight is 324 g/mol. The van der Waals surface area contributed by atoms with Gasteiger partial charge in [-0.3, -0.25) is 19.1 Å². The van der Waals surface area contributed by atoms with Crippen LogP contribution in [0.3, 0.4) is 0 Å². The van der Waals surface area contributed by atoms with Crippen molar-refractivity contribution in [2.45, 2.75) is 4.90 Å². The Kier molecular flexibility index (Phi) is 4.82. The first-order chi connectivity index (χ1) is 9.97. The molecule has 1 atom stereocenters. The van der Waals surface area contributed by atoms with Crippen LogP contribution < -0.4 is 0 Å². The molecular weight excluding hydrogens is 314 g/mol. The van der Waals surface area contributed by atoms with Crippen LogP contribution in [-0.2, 0) is 10.8 Å². The molecule has 108 valence electrons. The Morgan fingerprint density at radius 2 is 1.86 bits per heavy atom. The first kappa shape index (κ1) is 15.3. The highest BCUT2D eigenvalue weighted by atomic mass is 35.5. The first-order valence-electron chi connectivity index (χ1n) is 5.89. The zero-order valence-electron chi connectivity index (χ0n) is 10.7. The zero-order valence-corrected chi connectivity index (χ0v) is 12.3. The smallest absolute Gasteiger partial charge is 0.269 e. The Hall–Kier alpha value is -2.05. The molecule has 0 aliphatic heterocycles. The van der Waals surface area contributed by atoms with E-state index in [4.69, 9.17) is 11.6 Å². The summed E-state index contributed by atoms with van der Waals surface area (Å²) in [6, 6.07) is 11.7. The summed E-state index contributed by atoms with van der Waals surface area (Å²) in [5.74, 6) is -0.493. The molecule has 0 saturated carbocycles. The number of Topliss-reactive ketones (excluding diaryl/α,β-unsaturated/α-hetero) is 1. The van der Waals surface area contributed by atoms with Gasteiger partial charge in [-0.15, -0.1) is 0 Å². The quantitative estimate of drug-likeness (QED) is 0.481. The summed E-state index contributed by atoms with van der Waals surface area (Å²) in [6.45, 7) is 0. The van der Waals surface area contributed by atoms with Gasteiger partial charge in [-0.1, -0.05) is 23.7 Å². The van der Waals surface area contributed by atoms with E-state index >= 15 is 0 Å². The number of non-ortho nitro benzene ring substituents is 1. The number of halogens is 1. The number of carbonyl (C=O) groups excluding carboxylic acids is 1. The molecule has 2 rings (SSSR count). The van der Waals surface area contributed by atoms with Gasteiger partial charge in [-0.05, 0) is 24.3 Å². The van der Waals surface area contributed by atoms with Gasteiger partial charge >= 0.3 is 0 Å². The minimum Gasteiger partial charge on any atom is -0.293 e. The van der Waals surface area contributed by atoms with Crippen molar-refractivity contribution in [1.82, 2.24) is 0 Å². The SMILES string of the molecule is O=C(CS(=O)c1ccc([N+](=O)[O-])cc1)c1cccc(Cl)c1. The molecule has 0 heterocycles. The van der Waals surface area contributed by atoms with E-state index in [1.54, 1.807) is 18.2 Å². The predicted molar refractivity (Wildman–Crippen MR) is 80.2 cm³/mol. The fraction of sp³-hybridized carbons (Fsp3) is 0.0714. The Morgan fingerprint density at radius 1 is 1.19 bits per heavy atom. The lowest BCUT2D eigenvalue weighted by Crippen LogP contribution is -2.11. The van der Waals surface area contributed by atoms with Crippen molar-refractivity contribution >= 4 is 33.9 Å². The Balaban J connectivity index is 2.10. The van der Waals surface area contributed by atoms with Crippen LogP contribution in [0.5, 0.6) is 0 Å². The van der Waals surface area contributed by atoms with Gasteiger partial charge in [0.05, 0.1) is 21.5 Å². The van der Waals surface area contributed by atoms with Gasteiger partial charge in [0.25, 0.3) is 5.69 Å². The number of benzene rings is 2. The van der Waals surface area contributed by atoms with Gasteiger partial charge < -0.3 is 0 Å². The van der Waals surface area contributed by atoms with Crippen molar-refractivity contribution in [3.63, 3.8) is 0 Å². The maximum atomic E-state index is 12.1. The second kappa shape index (κ2) is 6.60. The number of nitro benzene ring substituents is 1. The topological polar surface area (TPSA) is 77.3 Å². The van der Waals surface area contributed by atoms with Crippen molar-refractivity contribution in [1.29, 1.82) is 0 Å². The minimum atomic E-state index is -1.56. The molecule has 7 heteroatoms. The lowest BCUT2D eigenvalue weighted by Gasteiger charge is -2.03. The lowest BCUT2D eigenvalue weighted by atomic mass is 10.1. The van der Waals surface area contributed by atoms with Gasteiger partial charge in [0.1, 0.15) is 0 Å². The molecule has 0 N–H and O–H groups in total. The lowest BCUT2D eigenvalue weighted by molar-refractivity contribution is -0.384. The third-order valence-electron chi connectivity index (χ3n) is 2.72. The minimum absolute atomic E-state index is 0.0862. The third-order valence-corrected chi connectivity index (χ3v) is 4.28. The Morgan fingerprint density at radius 3 is 2.43 bits per heavy atom. The summed E-state index contributed by atoms with van der Waals surface area (Å²) in [5.41, 5.74) is 0.301. The summed E-state index contributed by atoms with van der Waals surface area (Å²) in [5, 5.41) is 11.0. The van der Waals surface area contributed by atoms with E-state index in [1.807, 2.05) is 0 Å². The summed E-state index contributed by atoms with van der Waals surface area (Å²) < 4.78 is 12.1. The molecule has 5 nitrogen and oxygen atoms in total. The maximum Gasteiger partial charge on any atom is 0.269 e. The number of carbonyl (C=O) groups is 1. The fourth-order valence-corrected chi connectivity index (χ4v) is 2.87. The highest BCUT2D eigenvalue weighted by Gasteiger charge is 2.14. The molecule has 2 aromatic rings. The largest absolute Gasteiger partial charge is 0.293 e. The second-order valence-corrected chi connectivity index (χ2v) is 6.06. The average Bonchev–Trinajstić information content (AvgIpc) is 2.47. The molecule has 1 unspecified atom stereocenters. The van der Waals surface area contributed by atoms with Crippen molar-refractivity contribution in [2.24, 2.45) is 0 Å². The number of nitro groups is 1. The standard InChI is InChI=1S/C14H10ClNO4S/c15-11-3-1-2-10(8-11)14(17)9-21(20)13-6-4-12(5-7-13)16(18)19/h1-8H,9H2. The molecule has 0 fully saturated rings. The molecule has 0 spiro atoms. The van der Waals surface area contributed by atoms with Crippen LogP contribution in [0, 0.1) is 10.1 Å². The molecule has 0 bridgehead atoms. The second-order valence-electron chi connectivity index (χ2n) is 4.17. The van der Waals surface area contributed by atoms with E-state index in [2.05, 4.69) is 0 Å². The van der Waals surface area contributed by atoms with Gasteiger partial charge in [-0.2, -0.15) is 0 Å². The number of rotatable bonds is 5. The van der Waals surface area contributed by atoms with Crippen molar-refractivity contribution in [3.05, 3.63) is 69.2 Å². The normalized spacial score (nSPS) is 11.9. The van der Waals surface area contributed by atoms with E-state index in [9.17, 15) is 19.1 Å². The van der Waals surface area contributed by atoms with Crippen molar-refractivity contribution in [2.75, 3.05) is 5.75 Å². The van der Waals surface area contributed by atoms with Crippen LogP contribution in [0.2, 0.25) is 5.02 Å². The van der Waals surface area contributed by atoms with Gasteiger partial charge in [0.15, 0.2) is 5.78 Å². The molecular formula is C14H10ClNO4S. The van der Waals surface area contributed by atoms with Crippen LogP contribution in [0.25, 0.3) is 0 Å². The van der Waals surface area contributed by atoms with Gasteiger partial charge in [0, 0.05) is 27.6 Å². The van der Waals surface area contributed by atoms with Gasteiger partial charge in [0.2, 0.25) is 0 Å². The monoisotopic (exact) mass is 323 g/mol. The van der Waals surface area contributed by atoms with Crippen molar-refractivity contribution < 1.29 is 13.9 Å². The van der Waals surface area contributed by atoms with Crippen LogP contribution in [-0.4, -0.2) is 20.7 Å². The van der Waals surface area contributed by atoms with Gasteiger partial charge in [-0.25, -0.2) is 0 Å². The molecule has 0 amide bonds. The molecule has 0 aliphatic carbocycles. The third kappa shape index (κ3) is 3.96. The highest BCUT2D eigenvalue weighted by molar-refractivity contribution is 7.85. The predicted octanol–water partition coefficient (Wildman–Crippen LogP) is 3.24. The Labute approximate surface area is 128 Å². The fourth-order valence-electron chi connectivity index (χ4n) is 1.67. The van der Waals surface area contributed by atoms with E-state index in [1.165, 1.54) is 30.3 Å². The molecule has 0 aliphatic rings. The van der Waals surface area contributed by atoms with E-state index in [0.717, 1.165) is 0 Å². The van der Waals surface area contributed by atoms with Crippen LogP contribution in [0.4, 0.5) is 5.69 Å². The van der Waals surface area contributed by atoms with Crippen molar-refractivity contribution in [3.8, 4) is 0 Å². The number of hydrogen-bond donors (Lipinski definition) is 0. The van der Waals surface area contributed by atoms with Crippen LogP contribution in [0.15, 0.2) is 53.4 Å². The highest BCUT2D eigenvalue weighted by Crippen LogP contribution is 2.16. The van der Waals surface area contributed by atoms with Crippen LogP contribution in [0.1, 0.15) is 10.4 Å². The number of ketones is 1. The maximum absolute atomic E-state index is 12.1. The van der Waals surface area contributed by atoms with Crippen LogP contribution >= 0.6 is 11.6 Å². The molecule has 0 saturated heterocycles. The molecule has 0 radical (unpaired) electrons. The molecule has 21 heavy (non-hydrogen) atoms. The number of hydrogen-bond acceptors (Lipinski definition) is 4. The molecule has 0 aromatic heterocycles. The Bertz CT molecular complexity index is 715. The summed E-state index contributed by atoms with van der Waals surface area (Å²) >= 11 is 5.80. The van der Waals surface area contributed by atoms with E-state index in [0.29, 0.717) is 15.5 Å². The van der Waals surface area contributed by atoms with E-state index in [-0.39, 0.29) is 17.2 Å². The van der Waals surface area contributed by atoms with E-state index < -0.39 is 15.7 Å². The summed E-state index contributed by atoms with van der Waals surface area (Å²) in [4.78, 5) is 22.4. The summed E-state index contributed by atoms with van der Waals surface area (Å²) in [7, 11) is -1.56.